The van der Waals surface area contributed by atoms with E-state index in [-0.39, 0.29) is 23.9 Å². The summed E-state index contributed by atoms with van der Waals surface area (Å²) in [6, 6.07) is 9.61. The van der Waals surface area contributed by atoms with Gasteiger partial charge in [0.05, 0.1) is 0 Å². The van der Waals surface area contributed by atoms with Crippen LogP contribution in [0.5, 0.6) is 0 Å². The number of amides is 2. The van der Waals surface area contributed by atoms with Gasteiger partial charge >= 0.3 is 12.0 Å². The molecule has 1 atom stereocenters. The number of carboxylic acid groups (broad SMARTS) is 1. The number of hydrogen-bond donors (Lipinski definition) is 2. The number of carbonyl (C=O) groups is 2. The summed E-state index contributed by atoms with van der Waals surface area (Å²) in [7, 11) is 0. The van der Waals surface area contributed by atoms with Gasteiger partial charge in [-0.3, -0.25) is 4.79 Å². The van der Waals surface area contributed by atoms with E-state index in [1.165, 1.54) is 0 Å². The number of carbonyl (C=O) groups excluding carboxylic acids is 1. The number of likely N-dealkylation sites (tertiary alicyclic amines) is 1. The summed E-state index contributed by atoms with van der Waals surface area (Å²) in [5.41, 5.74) is 1.31. The second-order valence-corrected chi connectivity index (χ2v) is 7.74. The van der Waals surface area contributed by atoms with Crippen molar-refractivity contribution in [1.82, 2.24) is 10.2 Å². The van der Waals surface area contributed by atoms with Gasteiger partial charge in [0.15, 0.2) is 0 Å². The fourth-order valence-corrected chi connectivity index (χ4v) is 2.88. The van der Waals surface area contributed by atoms with E-state index in [2.05, 4.69) is 26.1 Å². The van der Waals surface area contributed by atoms with Gasteiger partial charge in [0.1, 0.15) is 0 Å². The van der Waals surface area contributed by atoms with Gasteiger partial charge in [0.2, 0.25) is 0 Å². The van der Waals surface area contributed by atoms with Crippen LogP contribution in [0.15, 0.2) is 30.3 Å². The first-order valence-electron chi connectivity index (χ1n) is 8.57. The molecule has 0 aliphatic carbocycles. The van der Waals surface area contributed by atoms with Crippen LogP contribution in [0.3, 0.4) is 0 Å². The van der Waals surface area contributed by atoms with Crippen molar-refractivity contribution in [2.24, 2.45) is 11.3 Å². The Bertz CT molecular complexity index is 560. The Labute approximate surface area is 144 Å². The number of nitrogens with one attached hydrogen (secondary N) is 1. The number of rotatable bonds is 6. The van der Waals surface area contributed by atoms with E-state index in [4.69, 9.17) is 5.11 Å². The number of urea groups is 1. The third kappa shape index (κ3) is 5.25. The minimum atomic E-state index is -0.834. The van der Waals surface area contributed by atoms with Gasteiger partial charge in [-0.05, 0) is 29.7 Å². The Balaban J connectivity index is 1.90. The second kappa shape index (κ2) is 7.69. The molecule has 1 aliphatic heterocycles. The molecule has 5 nitrogen and oxygen atoms in total. The Morgan fingerprint density at radius 2 is 1.88 bits per heavy atom. The zero-order chi connectivity index (χ0) is 17.7. The standard InChI is InChI=1S/C19H28N2O3/c1-19(2,3)15-12-21(13-15)18(24)20-16(9-10-17(22)23)11-14-7-5-4-6-8-14/h4-8,15-16H,9-13H2,1-3H3,(H,20,24)(H,22,23). The molecule has 1 unspecified atom stereocenters. The maximum atomic E-state index is 12.4. The summed E-state index contributed by atoms with van der Waals surface area (Å²) < 4.78 is 0. The van der Waals surface area contributed by atoms with Gasteiger partial charge in [-0.25, -0.2) is 4.79 Å². The molecule has 2 amide bonds. The lowest BCUT2D eigenvalue weighted by Gasteiger charge is -2.46. The van der Waals surface area contributed by atoms with Crippen molar-refractivity contribution in [2.45, 2.75) is 46.1 Å². The van der Waals surface area contributed by atoms with Gasteiger partial charge in [0.25, 0.3) is 0 Å². The lowest BCUT2D eigenvalue weighted by atomic mass is 9.76. The first-order chi connectivity index (χ1) is 11.3. The fourth-order valence-electron chi connectivity index (χ4n) is 2.88. The number of hydrogen-bond acceptors (Lipinski definition) is 2. The SMILES string of the molecule is CC(C)(C)C1CN(C(=O)NC(CCC(=O)O)Cc2ccccc2)C1. The normalized spacial score (nSPS) is 16.4. The maximum absolute atomic E-state index is 12.4. The van der Waals surface area contributed by atoms with Gasteiger partial charge < -0.3 is 15.3 Å². The molecule has 1 fully saturated rings. The van der Waals surface area contributed by atoms with E-state index in [0.29, 0.717) is 18.8 Å². The lowest BCUT2D eigenvalue weighted by molar-refractivity contribution is -0.137. The monoisotopic (exact) mass is 332 g/mol. The third-order valence-corrected chi connectivity index (χ3v) is 4.75. The summed E-state index contributed by atoms with van der Waals surface area (Å²) in [5, 5.41) is 11.9. The average molecular weight is 332 g/mol. The zero-order valence-electron chi connectivity index (χ0n) is 14.8. The quantitative estimate of drug-likeness (QED) is 0.841. The molecule has 0 aromatic heterocycles. The van der Waals surface area contributed by atoms with Gasteiger partial charge in [0, 0.05) is 25.6 Å². The Kier molecular flexibility index (Phi) is 5.86. The van der Waals surface area contributed by atoms with Crippen molar-refractivity contribution >= 4 is 12.0 Å². The molecule has 1 aromatic rings. The molecule has 2 rings (SSSR count). The molecule has 5 heteroatoms. The molecule has 1 saturated heterocycles. The minimum absolute atomic E-state index is 0.0579. The molecule has 0 saturated carbocycles. The van der Waals surface area contributed by atoms with Crippen LogP contribution in [0.2, 0.25) is 0 Å². The van der Waals surface area contributed by atoms with Gasteiger partial charge in [-0.15, -0.1) is 0 Å². The smallest absolute Gasteiger partial charge is 0.317 e. The molecule has 1 aromatic carbocycles. The summed E-state index contributed by atoms with van der Waals surface area (Å²) in [6.45, 7) is 8.12. The van der Waals surface area contributed by atoms with Crippen molar-refractivity contribution in [3.05, 3.63) is 35.9 Å². The molecule has 0 bridgehead atoms. The highest BCUT2D eigenvalue weighted by molar-refractivity contribution is 5.75. The number of carboxylic acids is 1. The summed E-state index contributed by atoms with van der Waals surface area (Å²) in [6.07, 6.45) is 1.14. The van der Waals surface area contributed by atoms with Gasteiger partial charge in [-0.2, -0.15) is 0 Å². The predicted octanol–water partition coefficient (Wildman–Crippen LogP) is 3.15. The maximum Gasteiger partial charge on any atom is 0.317 e. The zero-order valence-corrected chi connectivity index (χ0v) is 14.8. The highest BCUT2D eigenvalue weighted by Gasteiger charge is 2.38. The van der Waals surface area contributed by atoms with E-state index < -0.39 is 5.97 Å². The number of aliphatic carboxylic acids is 1. The van der Waals surface area contributed by atoms with E-state index in [0.717, 1.165) is 18.7 Å². The summed E-state index contributed by atoms with van der Waals surface area (Å²) in [5.74, 6) is -0.311. The van der Waals surface area contributed by atoms with E-state index in [1.807, 2.05) is 35.2 Å². The summed E-state index contributed by atoms with van der Waals surface area (Å²) >= 11 is 0. The topological polar surface area (TPSA) is 69.6 Å². The predicted molar refractivity (Wildman–Crippen MR) is 93.9 cm³/mol. The first-order valence-corrected chi connectivity index (χ1v) is 8.57. The minimum Gasteiger partial charge on any atom is -0.481 e. The van der Waals surface area contributed by atoms with E-state index >= 15 is 0 Å². The molecule has 132 valence electrons. The molecule has 2 N–H and O–H groups in total. The van der Waals surface area contributed by atoms with E-state index in [9.17, 15) is 9.59 Å². The molecule has 24 heavy (non-hydrogen) atoms. The Morgan fingerprint density at radius 3 is 2.42 bits per heavy atom. The lowest BCUT2D eigenvalue weighted by Crippen LogP contribution is -2.58. The summed E-state index contributed by atoms with van der Waals surface area (Å²) in [4.78, 5) is 25.1. The van der Waals surface area contributed by atoms with Crippen LogP contribution in [-0.2, 0) is 11.2 Å². The molecular weight excluding hydrogens is 304 g/mol. The van der Waals surface area contributed by atoms with Crippen molar-refractivity contribution in [3.63, 3.8) is 0 Å². The van der Waals surface area contributed by atoms with E-state index in [1.54, 1.807) is 0 Å². The van der Waals surface area contributed by atoms with Crippen LogP contribution in [0, 0.1) is 11.3 Å². The van der Waals surface area contributed by atoms with Crippen molar-refractivity contribution in [2.75, 3.05) is 13.1 Å². The molecule has 0 radical (unpaired) electrons. The molecular formula is C19H28N2O3. The molecule has 1 heterocycles. The highest BCUT2D eigenvalue weighted by Crippen LogP contribution is 2.33. The number of benzene rings is 1. The second-order valence-electron chi connectivity index (χ2n) is 7.74. The van der Waals surface area contributed by atoms with Crippen molar-refractivity contribution in [1.29, 1.82) is 0 Å². The largest absolute Gasteiger partial charge is 0.481 e. The third-order valence-electron chi connectivity index (χ3n) is 4.75. The number of nitrogens with zero attached hydrogens (tertiary/aromatic N) is 1. The van der Waals surface area contributed by atoms with Crippen LogP contribution in [-0.4, -0.2) is 41.1 Å². The fraction of sp³-hybridized carbons (Fsp3) is 0.579. The van der Waals surface area contributed by atoms with Crippen LogP contribution >= 0.6 is 0 Å². The molecule has 1 aliphatic rings. The first kappa shape index (κ1) is 18.3. The van der Waals surface area contributed by atoms with Crippen LogP contribution < -0.4 is 5.32 Å². The Hall–Kier alpha value is -2.04. The van der Waals surface area contributed by atoms with Crippen molar-refractivity contribution < 1.29 is 14.7 Å². The van der Waals surface area contributed by atoms with Crippen LogP contribution in [0.1, 0.15) is 39.2 Å². The van der Waals surface area contributed by atoms with Gasteiger partial charge in [-0.1, -0.05) is 51.1 Å². The van der Waals surface area contributed by atoms with Crippen LogP contribution in [0.25, 0.3) is 0 Å². The molecule has 0 spiro atoms. The average Bonchev–Trinajstić information content (AvgIpc) is 2.42. The Morgan fingerprint density at radius 1 is 1.25 bits per heavy atom. The highest BCUT2D eigenvalue weighted by atomic mass is 16.4. The van der Waals surface area contributed by atoms with Crippen LogP contribution in [0.4, 0.5) is 4.79 Å². The van der Waals surface area contributed by atoms with Crippen molar-refractivity contribution in [3.8, 4) is 0 Å².